The predicted octanol–water partition coefficient (Wildman–Crippen LogP) is 4.27. The quantitative estimate of drug-likeness (QED) is 0.667. The first-order chi connectivity index (χ1) is 6.47. The van der Waals surface area contributed by atoms with Crippen molar-refractivity contribution in [2.75, 3.05) is 0 Å². The molecule has 0 heterocycles. The Morgan fingerprint density at radius 1 is 1.21 bits per heavy atom. The van der Waals surface area contributed by atoms with E-state index in [9.17, 15) is 0 Å². The zero-order chi connectivity index (χ0) is 10.3. The molecule has 0 saturated carbocycles. The fourth-order valence-corrected chi connectivity index (χ4v) is 3.47. The Morgan fingerprint density at radius 3 is 2.57 bits per heavy atom. The van der Waals surface area contributed by atoms with E-state index in [1.165, 1.54) is 22.0 Å². The molecule has 74 valence electrons. The molecule has 0 aromatic heterocycles. The highest BCUT2D eigenvalue weighted by Crippen LogP contribution is 2.32. The van der Waals surface area contributed by atoms with Crippen LogP contribution in [0.3, 0.4) is 0 Å². The van der Waals surface area contributed by atoms with Crippen LogP contribution in [0.4, 0.5) is 0 Å². The van der Waals surface area contributed by atoms with Crippen LogP contribution in [0.2, 0.25) is 19.6 Å². The van der Waals surface area contributed by atoms with Crippen LogP contribution < -0.4 is 0 Å². The third-order valence-electron chi connectivity index (χ3n) is 2.78. The maximum Gasteiger partial charge on any atom is 0.0729 e. The van der Waals surface area contributed by atoms with Gasteiger partial charge in [-0.2, -0.15) is 0 Å². The molecule has 1 aromatic rings. The first-order valence-corrected chi connectivity index (χ1v) is 9.25. The van der Waals surface area contributed by atoms with Gasteiger partial charge in [-0.3, -0.25) is 0 Å². The van der Waals surface area contributed by atoms with Gasteiger partial charge < -0.3 is 0 Å². The first-order valence-electron chi connectivity index (χ1n) is 4.96. The maximum atomic E-state index is 3.52. The number of halogens is 1. The van der Waals surface area contributed by atoms with E-state index >= 15 is 0 Å². The molecule has 0 fully saturated rings. The van der Waals surface area contributed by atoms with Crippen LogP contribution in [0, 0.1) is 0 Å². The van der Waals surface area contributed by atoms with Gasteiger partial charge in [0.1, 0.15) is 0 Å². The Hall–Kier alpha value is -0.343. The second-order valence-corrected chi connectivity index (χ2v) is 11.0. The van der Waals surface area contributed by atoms with Gasteiger partial charge in [-0.15, -0.1) is 0 Å². The fourth-order valence-electron chi connectivity index (χ4n) is 1.79. The molecule has 0 radical (unpaired) electrons. The summed E-state index contributed by atoms with van der Waals surface area (Å²) in [5, 5.41) is 1.67. The van der Waals surface area contributed by atoms with Crippen molar-refractivity contribution < 1.29 is 0 Å². The molecule has 0 aliphatic heterocycles. The summed E-state index contributed by atoms with van der Waals surface area (Å²) in [6.45, 7) is 7.25. The van der Waals surface area contributed by atoms with E-state index in [0.717, 1.165) is 0 Å². The molecule has 0 saturated heterocycles. The Kier molecular flexibility index (Phi) is 2.44. The Morgan fingerprint density at radius 2 is 1.93 bits per heavy atom. The summed E-state index contributed by atoms with van der Waals surface area (Å²) in [6, 6.07) is 6.60. The van der Waals surface area contributed by atoms with E-state index in [0.29, 0.717) is 0 Å². The molecular weight excluding hydrogens is 252 g/mol. The molecule has 2 heteroatoms. The van der Waals surface area contributed by atoms with Crippen molar-refractivity contribution in [1.82, 2.24) is 0 Å². The molecule has 0 N–H and O–H groups in total. The molecule has 1 aromatic carbocycles. The molecule has 0 atom stereocenters. The van der Waals surface area contributed by atoms with Crippen LogP contribution in [0.5, 0.6) is 0 Å². The predicted molar refractivity (Wildman–Crippen MR) is 69.2 cm³/mol. The van der Waals surface area contributed by atoms with E-state index < -0.39 is 8.07 Å². The average Bonchev–Trinajstić information content (AvgIpc) is 2.45. The largest absolute Gasteiger partial charge is 0.0761 e. The lowest BCUT2D eigenvalue weighted by Crippen LogP contribution is -2.23. The van der Waals surface area contributed by atoms with Crippen LogP contribution in [-0.2, 0) is 6.42 Å². The van der Waals surface area contributed by atoms with Crippen LogP contribution in [0.25, 0.3) is 6.08 Å². The minimum atomic E-state index is -1.09. The van der Waals surface area contributed by atoms with Gasteiger partial charge in [0.25, 0.3) is 0 Å². The highest BCUT2D eigenvalue weighted by Gasteiger charge is 2.24. The molecule has 0 amide bonds. The van der Waals surface area contributed by atoms with Gasteiger partial charge >= 0.3 is 0 Å². The Labute approximate surface area is 95.2 Å². The Balaban J connectivity index is 2.39. The summed E-state index contributed by atoms with van der Waals surface area (Å²) in [6.07, 6.45) is 3.57. The van der Waals surface area contributed by atoms with Crippen LogP contribution >= 0.6 is 15.9 Å². The number of hydrogen-bond acceptors (Lipinski definition) is 0. The average molecular weight is 267 g/mol. The minimum absolute atomic E-state index is 1.09. The van der Waals surface area contributed by atoms with Crippen molar-refractivity contribution in [2.24, 2.45) is 0 Å². The smallest absolute Gasteiger partial charge is 0.0729 e. The normalized spacial score (nSPS) is 15.3. The zero-order valence-corrected chi connectivity index (χ0v) is 11.5. The minimum Gasteiger partial charge on any atom is -0.0761 e. The van der Waals surface area contributed by atoms with Gasteiger partial charge in [0.05, 0.1) is 8.07 Å². The molecular formula is C12H15BrSi. The lowest BCUT2D eigenvalue weighted by atomic mass is 10.1. The van der Waals surface area contributed by atoms with Gasteiger partial charge in [-0.25, -0.2) is 0 Å². The summed E-state index contributed by atoms with van der Waals surface area (Å²) < 4.78 is 1.18. The second-order valence-electron chi connectivity index (χ2n) is 4.94. The highest BCUT2D eigenvalue weighted by molar-refractivity contribution is 9.10. The van der Waals surface area contributed by atoms with E-state index in [1.54, 1.807) is 5.20 Å². The molecule has 2 rings (SSSR count). The van der Waals surface area contributed by atoms with E-state index in [-0.39, 0.29) is 0 Å². The van der Waals surface area contributed by atoms with Crippen molar-refractivity contribution in [3.05, 3.63) is 39.0 Å². The monoisotopic (exact) mass is 266 g/mol. The third-order valence-corrected chi connectivity index (χ3v) is 5.52. The van der Waals surface area contributed by atoms with E-state index in [2.05, 4.69) is 59.8 Å². The molecule has 0 nitrogen and oxygen atoms in total. The Bertz CT molecular complexity index is 399. The van der Waals surface area contributed by atoms with Gasteiger partial charge in [-0.1, -0.05) is 52.9 Å². The summed E-state index contributed by atoms with van der Waals surface area (Å²) in [7, 11) is -1.09. The van der Waals surface area contributed by atoms with Gasteiger partial charge in [-0.05, 0) is 29.7 Å². The number of allylic oxidation sites excluding steroid dienone is 1. The van der Waals surface area contributed by atoms with Crippen molar-refractivity contribution in [2.45, 2.75) is 26.1 Å². The topological polar surface area (TPSA) is 0 Å². The van der Waals surface area contributed by atoms with E-state index in [4.69, 9.17) is 0 Å². The maximum absolute atomic E-state index is 3.52. The number of rotatable bonds is 1. The van der Waals surface area contributed by atoms with E-state index in [1.807, 2.05) is 0 Å². The molecule has 14 heavy (non-hydrogen) atoms. The molecule has 1 aliphatic carbocycles. The standard InChI is InChI=1S/C12H15BrSi/c1-14(2,3)12-7-9-4-5-11(13)6-10(9)8-12/h4-6,8H,7H2,1-3H3. The zero-order valence-electron chi connectivity index (χ0n) is 8.89. The third kappa shape index (κ3) is 1.86. The van der Waals surface area contributed by atoms with Crippen molar-refractivity contribution in [3.63, 3.8) is 0 Å². The molecule has 0 spiro atoms. The summed E-state index contributed by atoms with van der Waals surface area (Å²) in [4.78, 5) is 0. The summed E-state index contributed by atoms with van der Waals surface area (Å²) in [5.41, 5.74) is 2.91. The lowest BCUT2D eigenvalue weighted by molar-refractivity contribution is 1.26. The highest BCUT2D eigenvalue weighted by atomic mass is 79.9. The number of hydrogen-bond donors (Lipinski definition) is 0. The second kappa shape index (κ2) is 3.35. The van der Waals surface area contributed by atoms with Gasteiger partial charge in [0, 0.05) is 4.47 Å². The van der Waals surface area contributed by atoms with Crippen molar-refractivity contribution in [1.29, 1.82) is 0 Å². The molecule has 0 bridgehead atoms. The van der Waals surface area contributed by atoms with Gasteiger partial charge in [0.15, 0.2) is 0 Å². The van der Waals surface area contributed by atoms with Gasteiger partial charge in [0.2, 0.25) is 0 Å². The summed E-state index contributed by atoms with van der Waals surface area (Å²) in [5.74, 6) is 0. The van der Waals surface area contributed by atoms with Crippen LogP contribution in [0.15, 0.2) is 27.9 Å². The van der Waals surface area contributed by atoms with Crippen LogP contribution in [-0.4, -0.2) is 8.07 Å². The van der Waals surface area contributed by atoms with Crippen molar-refractivity contribution in [3.8, 4) is 0 Å². The lowest BCUT2D eigenvalue weighted by Gasteiger charge is -2.17. The molecule has 0 unspecified atom stereocenters. The first kappa shape index (κ1) is 10.2. The summed E-state index contributed by atoms with van der Waals surface area (Å²) >= 11 is 3.52. The SMILES string of the molecule is C[Si](C)(C)C1=Cc2cc(Br)ccc2C1. The van der Waals surface area contributed by atoms with Crippen molar-refractivity contribution >= 4 is 30.1 Å². The van der Waals surface area contributed by atoms with Crippen LogP contribution in [0.1, 0.15) is 11.1 Å². The number of fused-ring (bicyclic) bond motifs is 1. The number of benzene rings is 1. The fraction of sp³-hybridized carbons (Fsp3) is 0.333. The molecule has 1 aliphatic rings.